The van der Waals surface area contributed by atoms with E-state index >= 15 is 0 Å². The number of hydrogen-bond donors (Lipinski definition) is 1. The first-order valence-electron chi connectivity index (χ1n) is 6.49. The number of nitrogens with two attached hydrogens (primary N) is 1. The number of carbonyl (C=O) groups excluding carboxylic acids is 1. The van der Waals surface area contributed by atoms with Crippen molar-refractivity contribution in [2.75, 3.05) is 13.1 Å². The normalized spacial score (nSPS) is 24.3. The molecule has 2 N–H and O–H groups in total. The van der Waals surface area contributed by atoms with Crippen LogP contribution in [0.15, 0.2) is 4.42 Å². The fourth-order valence-corrected chi connectivity index (χ4v) is 2.72. The lowest BCUT2D eigenvalue weighted by Crippen LogP contribution is -2.51. The van der Waals surface area contributed by atoms with Crippen molar-refractivity contribution in [2.24, 2.45) is 11.7 Å². The SMILES string of the molecule is Cc1nc(C)c(C(=O)N2CCCC(C)C2CN)o1. The summed E-state index contributed by atoms with van der Waals surface area (Å²) in [6.07, 6.45) is 2.15. The van der Waals surface area contributed by atoms with Crippen molar-refractivity contribution in [3.05, 3.63) is 17.3 Å². The summed E-state index contributed by atoms with van der Waals surface area (Å²) in [4.78, 5) is 18.5. The van der Waals surface area contributed by atoms with E-state index in [2.05, 4.69) is 11.9 Å². The summed E-state index contributed by atoms with van der Waals surface area (Å²) < 4.78 is 5.41. The van der Waals surface area contributed by atoms with E-state index in [4.69, 9.17) is 10.2 Å². The van der Waals surface area contributed by atoms with Gasteiger partial charge in [-0.15, -0.1) is 0 Å². The second kappa shape index (κ2) is 5.10. The maximum absolute atomic E-state index is 12.5. The topological polar surface area (TPSA) is 72.4 Å². The van der Waals surface area contributed by atoms with Crippen LogP contribution in [-0.4, -0.2) is 34.9 Å². The summed E-state index contributed by atoms with van der Waals surface area (Å²) in [5.74, 6) is 1.26. The third-order valence-electron chi connectivity index (χ3n) is 3.72. The molecule has 2 rings (SSSR count). The van der Waals surface area contributed by atoms with Crippen LogP contribution >= 0.6 is 0 Å². The minimum Gasteiger partial charge on any atom is -0.436 e. The fraction of sp³-hybridized carbons (Fsp3) is 0.692. The Kier molecular flexibility index (Phi) is 3.71. The first-order valence-corrected chi connectivity index (χ1v) is 6.49. The Morgan fingerprint density at radius 3 is 2.83 bits per heavy atom. The van der Waals surface area contributed by atoms with Crippen molar-refractivity contribution in [1.29, 1.82) is 0 Å². The van der Waals surface area contributed by atoms with Crippen LogP contribution < -0.4 is 5.73 Å². The molecule has 0 saturated carbocycles. The molecule has 2 heterocycles. The first-order chi connectivity index (χ1) is 8.54. The smallest absolute Gasteiger partial charge is 0.291 e. The van der Waals surface area contributed by atoms with Crippen LogP contribution in [0.4, 0.5) is 0 Å². The Morgan fingerprint density at radius 1 is 1.56 bits per heavy atom. The molecular formula is C13H21N3O2. The monoisotopic (exact) mass is 251 g/mol. The number of amides is 1. The van der Waals surface area contributed by atoms with E-state index in [9.17, 15) is 4.79 Å². The van der Waals surface area contributed by atoms with E-state index in [0.717, 1.165) is 19.4 Å². The lowest BCUT2D eigenvalue weighted by atomic mass is 9.90. The van der Waals surface area contributed by atoms with Gasteiger partial charge < -0.3 is 15.1 Å². The van der Waals surface area contributed by atoms with E-state index < -0.39 is 0 Å². The molecule has 100 valence electrons. The highest BCUT2D eigenvalue weighted by atomic mass is 16.4. The Bertz CT molecular complexity index is 441. The zero-order valence-electron chi connectivity index (χ0n) is 11.3. The standard InChI is InChI=1S/C13H21N3O2/c1-8-5-4-6-16(11(8)7-14)13(17)12-9(2)15-10(3)18-12/h8,11H,4-7,14H2,1-3H3. The second-order valence-corrected chi connectivity index (χ2v) is 5.07. The predicted molar refractivity (Wildman–Crippen MR) is 68.3 cm³/mol. The zero-order valence-corrected chi connectivity index (χ0v) is 11.3. The largest absolute Gasteiger partial charge is 0.436 e. The lowest BCUT2D eigenvalue weighted by molar-refractivity contribution is 0.0499. The van der Waals surface area contributed by atoms with Crippen molar-refractivity contribution in [3.8, 4) is 0 Å². The van der Waals surface area contributed by atoms with Crippen molar-refractivity contribution in [2.45, 2.75) is 39.7 Å². The van der Waals surface area contributed by atoms with Gasteiger partial charge in [-0.25, -0.2) is 4.98 Å². The summed E-state index contributed by atoms with van der Waals surface area (Å²) in [7, 11) is 0. The van der Waals surface area contributed by atoms with E-state index in [1.54, 1.807) is 13.8 Å². The molecule has 0 aromatic carbocycles. The third kappa shape index (κ3) is 2.27. The molecule has 2 unspecified atom stereocenters. The number of rotatable bonds is 2. The third-order valence-corrected chi connectivity index (χ3v) is 3.72. The van der Waals surface area contributed by atoms with Gasteiger partial charge in [0.15, 0.2) is 5.89 Å². The number of hydrogen-bond acceptors (Lipinski definition) is 4. The molecule has 1 aromatic heterocycles. The summed E-state index contributed by atoms with van der Waals surface area (Å²) in [5.41, 5.74) is 6.46. The Balaban J connectivity index is 2.24. The molecule has 0 spiro atoms. The lowest BCUT2D eigenvalue weighted by Gasteiger charge is -2.39. The van der Waals surface area contributed by atoms with Gasteiger partial charge in [-0.05, 0) is 25.7 Å². The number of aromatic nitrogens is 1. The van der Waals surface area contributed by atoms with Crippen molar-refractivity contribution in [1.82, 2.24) is 9.88 Å². The van der Waals surface area contributed by atoms with Gasteiger partial charge in [0.25, 0.3) is 5.91 Å². The number of carbonyl (C=O) groups is 1. The molecule has 1 aliphatic heterocycles. The second-order valence-electron chi connectivity index (χ2n) is 5.07. The van der Waals surface area contributed by atoms with E-state index in [1.807, 2.05) is 4.90 Å². The van der Waals surface area contributed by atoms with E-state index in [-0.39, 0.29) is 11.9 Å². The highest BCUT2D eigenvalue weighted by Gasteiger charge is 2.33. The fourth-order valence-electron chi connectivity index (χ4n) is 2.72. The van der Waals surface area contributed by atoms with Crippen molar-refractivity contribution >= 4 is 5.91 Å². The first kappa shape index (κ1) is 13.1. The quantitative estimate of drug-likeness (QED) is 0.864. The predicted octanol–water partition coefficient (Wildman–Crippen LogP) is 1.49. The molecular weight excluding hydrogens is 230 g/mol. The summed E-state index contributed by atoms with van der Waals surface area (Å²) in [6, 6.07) is 0.107. The maximum atomic E-state index is 12.5. The molecule has 1 amide bonds. The van der Waals surface area contributed by atoms with Gasteiger partial charge in [-0.1, -0.05) is 6.92 Å². The van der Waals surface area contributed by atoms with Crippen LogP contribution in [0.5, 0.6) is 0 Å². The molecule has 2 atom stereocenters. The molecule has 18 heavy (non-hydrogen) atoms. The van der Waals surface area contributed by atoms with Gasteiger partial charge in [0.1, 0.15) is 0 Å². The average molecular weight is 251 g/mol. The molecule has 1 fully saturated rings. The van der Waals surface area contributed by atoms with Crippen LogP contribution in [0.1, 0.15) is 41.9 Å². The number of nitrogens with zero attached hydrogens (tertiary/aromatic N) is 2. The summed E-state index contributed by atoms with van der Waals surface area (Å²) in [5, 5.41) is 0. The molecule has 0 aliphatic carbocycles. The van der Waals surface area contributed by atoms with Crippen molar-refractivity contribution in [3.63, 3.8) is 0 Å². The Hall–Kier alpha value is -1.36. The van der Waals surface area contributed by atoms with E-state index in [1.165, 1.54) is 0 Å². The number of piperidine rings is 1. The van der Waals surface area contributed by atoms with Crippen LogP contribution in [0.3, 0.4) is 0 Å². The number of aryl methyl sites for hydroxylation is 2. The molecule has 0 bridgehead atoms. The zero-order chi connectivity index (χ0) is 13.3. The molecule has 5 nitrogen and oxygen atoms in total. The molecule has 5 heteroatoms. The maximum Gasteiger partial charge on any atom is 0.291 e. The van der Waals surface area contributed by atoms with Crippen LogP contribution in [0.2, 0.25) is 0 Å². The summed E-state index contributed by atoms with van der Waals surface area (Å²) >= 11 is 0. The van der Waals surface area contributed by atoms with Gasteiger partial charge in [-0.3, -0.25) is 4.79 Å². The highest BCUT2D eigenvalue weighted by molar-refractivity contribution is 5.92. The van der Waals surface area contributed by atoms with Crippen LogP contribution in [-0.2, 0) is 0 Å². The van der Waals surface area contributed by atoms with E-state index in [0.29, 0.717) is 29.8 Å². The minimum atomic E-state index is -0.0740. The minimum absolute atomic E-state index is 0.0740. The van der Waals surface area contributed by atoms with Gasteiger partial charge in [0, 0.05) is 26.1 Å². The van der Waals surface area contributed by atoms with Crippen LogP contribution in [0.25, 0.3) is 0 Å². The van der Waals surface area contributed by atoms with Gasteiger partial charge in [0.05, 0.1) is 5.69 Å². The molecule has 1 aromatic rings. The van der Waals surface area contributed by atoms with Gasteiger partial charge in [0.2, 0.25) is 5.76 Å². The van der Waals surface area contributed by atoms with Gasteiger partial charge >= 0.3 is 0 Å². The highest BCUT2D eigenvalue weighted by Crippen LogP contribution is 2.25. The Labute approximate surface area is 107 Å². The summed E-state index contributed by atoms with van der Waals surface area (Å²) in [6.45, 7) is 6.95. The molecule has 1 saturated heterocycles. The Morgan fingerprint density at radius 2 is 2.28 bits per heavy atom. The number of oxazole rings is 1. The van der Waals surface area contributed by atoms with Gasteiger partial charge in [-0.2, -0.15) is 0 Å². The number of likely N-dealkylation sites (tertiary alicyclic amines) is 1. The van der Waals surface area contributed by atoms with Crippen molar-refractivity contribution < 1.29 is 9.21 Å². The van der Waals surface area contributed by atoms with Crippen LogP contribution in [0, 0.1) is 19.8 Å². The average Bonchev–Trinajstić information content (AvgIpc) is 2.67. The molecule has 0 radical (unpaired) electrons. The molecule has 1 aliphatic rings.